The van der Waals surface area contributed by atoms with Gasteiger partial charge in [-0.1, -0.05) is 18.2 Å². The van der Waals surface area contributed by atoms with Gasteiger partial charge in [-0.25, -0.2) is 0 Å². The number of hydrogen-bond donors (Lipinski definition) is 0. The largest absolute Gasteiger partial charge is 0.341 e. The van der Waals surface area contributed by atoms with Crippen LogP contribution in [0.25, 0.3) is 0 Å². The maximum absolute atomic E-state index is 12.4. The summed E-state index contributed by atoms with van der Waals surface area (Å²) < 4.78 is 0. The maximum atomic E-state index is 12.4. The molecule has 1 aromatic heterocycles. The van der Waals surface area contributed by atoms with Gasteiger partial charge < -0.3 is 4.90 Å². The molecule has 1 amide bonds. The number of carbonyl (C=O) groups excluding carboxylic acids is 1. The molecule has 0 bridgehead atoms. The number of carbonyl (C=O) groups is 1. The van der Waals surface area contributed by atoms with Crippen LogP contribution in [-0.2, 0) is 11.3 Å². The standard InChI is InChI=1S/C16H22N2OS/c19-16(14-5-1-2-6-14)18-9-4-8-17(10-11-18)13-15-7-3-12-20-15/h1-3,7,12,14H,4-6,8-11,13H2. The third-order valence-electron chi connectivity index (χ3n) is 4.22. The van der Waals surface area contributed by atoms with Crippen molar-refractivity contribution in [3.8, 4) is 0 Å². The molecular formula is C16H22N2OS. The van der Waals surface area contributed by atoms with E-state index in [0.29, 0.717) is 5.91 Å². The van der Waals surface area contributed by atoms with Crippen LogP contribution in [0.3, 0.4) is 0 Å². The Hall–Kier alpha value is -1.13. The second-order valence-electron chi connectivity index (χ2n) is 5.67. The topological polar surface area (TPSA) is 23.6 Å². The van der Waals surface area contributed by atoms with Crippen molar-refractivity contribution in [2.45, 2.75) is 25.8 Å². The minimum Gasteiger partial charge on any atom is -0.341 e. The first-order chi connectivity index (χ1) is 9.83. The number of hydrogen-bond acceptors (Lipinski definition) is 3. The van der Waals surface area contributed by atoms with E-state index in [0.717, 1.165) is 52.0 Å². The number of thiophene rings is 1. The van der Waals surface area contributed by atoms with Gasteiger partial charge in [0.2, 0.25) is 5.91 Å². The highest BCUT2D eigenvalue weighted by molar-refractivity contribution is 7.09. The van der Waals surface area contributed by atoms with Gasteiger partial charge in [-0.05, 0) is 30.7 Å². The van der Waals surface area contributed by atoms with E-state index in [2.05, 4.69) is 39.5 Å². The van der Waals surface area contributed by atoms with Crippen LogP contribution >= 0.6 is 11.3 Å². The summed E-state index contributed by atoms with van der Waals surface area (Å²) in [7, 11) is 0. The molecule has 3 nitrogen and oxygen atoms in total. The molecule has 3 rings (SSSR count). The molecule has 1 saturated heterocycles. The Labute approximate surface area is 124 Å². The van der Waals surface area contributed by atoms with Crippen molar-refractivity contribution in [2.24, 2.45) is 5.92 Å². The summed E-state index contributed by atoms with van der Waals surface area (Å²) in [6.07, 6.45) is 7.26. The van der Waals surface area contributed by atoms with Crippen molar-refractivity contribution < 1.29 is 4.79 Å². The van der Waals surface area contributed by atoms with Gasteiger partial charge >= 0.3 is 0 Å². The smallest absolute Gasteiger partial charge is 0.226 e. The third kappa shape index (κ3) is 3.30. The molecule has 1 aliphatic carbocycles. The molecule has 0 aromatic carbocycles. The fraction of sp³-hybridized carbons (Fsp3) is 0.562. The van der Waals surface area contributed by atoms with E-state index in [4.69, 9.17) is 0 Å². The Morgan fingerprint density at radius 1 is 1.20 bits per heavy atom. The van der Waals surface area contributed by atoms with Crippen molar-refractivity contribution in [1.82, 2.24) is 9.80 Å². The average molecular weight is 290 g/mol. The molecule has 20 heavy (non-hydrogen) atoms. The molecule has 0 unspecified atom stereocenters. The molecule has 0 atom stereocenters. The van der Waals surface area contributed by atoms with Gasteiger partial charge in [0.1, 0.15) is 0 Å². The Morgan fingerprint density at radius 3 is 2.80 bits per heavy atom. The van der Waals surface area contributed by atoms with Gasteiger partial charge in [0.05, 0.1) is 0 Å². The molecule has 2 heterocycles. The number of rotatable bonds is 3. The van der Waals surface area contributed by atoms with Crippen molar-refractivity contribution in [3.05, 3.63) is 34.5 Å². The van der Waals surface area contributed by atoms with Gasteiger partial charge in [0, 0.05) is 43.5 Å². The predicted octanol–water partition coefficient (Wildman–Crippen LogP) is 2.75. The lowest BCUT2D eigenvalue weighted by Gasteiger charge is -2.24. The van der Waals surface area contributed by atoms with E-state index < -0.39 is 0 Å². The quantitative estimate of drug-likeness (QED) is 0.799. The van der Waals surface area contributed by atoms with E-state index in [1.54, 1.807) is 0 Å². The van der Waals surface area contributed by atoms with Gasteiger partial charge in [-0.2, -0.15) is 0 Å². The van der Waals surface area contributed by atoms with Crippen molar-refractivity contribution in [2.75, 3.05) is 26.2 Å². The van der Waals surface area contributed by atoms with Crippen LogP contribution in [0.5, 0.6) is 0 Å². The first-order valence-corrected chi connectivity index (χ1v) is 8.39. The second kappa shape index (κ2) is 6.55. The van der Waals surface area contributed by atoms with E-state index in [1.807, 2.05) is 11.3 Å². The van der Waals surface area contributed by atoms with Crippen LogP contribution in [0.15, 0.2) is 29.7 Å². The van der Waals surface area contributed by atoms with Crippen molar-refractivity contribution in [1.29, 1.82) is 0 Å². The average Bonchev–Trinajstić information content (AvgIpc) is 3.10. The van der Waals surface area contributed by atoms with Crippen LogP contribution in [0.2, 0.25) is 0 Å². The fourth-order valence-corrected chi connectivity index (χ4v) is 3.80. The number of nitrogens with zero attached hydrogens (tertiary/aromatic N) is 2. The summed E-state index contributed by atoms with van der Waals surface area (Å²) in [6, 6.07) is 4.31. The summed E-state index contributed by atoms with van der Waals surface area (Å²) in [5.74, 6) is 0.590. The lowest BCUT2D eigenvalue weighted by molar-refractivity contribution is -0.135. The Bertz CT molecular complexity index is 461. The molecule has 0 N–H and O–H groups in total. The summed E-state index contributed by atoms with van der Waals surface area (Å²) >= 11 is 1.82. The molecule has 1 aromatic rings. The zero-order chi connectivity index (χ0) is 13.8. The minimum absolute atomic E-state index is 0.221. The lowest BCUT2D eigenvalue weighted by Crippen LogP contribution is -2.38. The van der Waals surface area contributed by atoms with Crippen LogP contribution in [0.4, 0.5) is 0 Å². The van der Waals surface area contributed by atoms with Crippen molar-refractivity contribution in [3.63, 3.8) is 0 Å². The summed E-state index contributed by atoms with van der Waals surface area (Å²) in [5.41, 5.74) is 0. The summed E-state index contributed by atoms with van der Waals surface area (Å²) in [4.78, 5) is 18.4. The van der Waals surface area contributed by atoms with Crippen LogP contribution in [-0.4, -0.2) is 41.9 Å². The zero-order valence-corrected chi connectivity index (χ0v) is 12.6. The molecule has 0 saturated carbocycles. The number of allylic oxidation sites excluding steroid dienone is 2. The van der Waals surface area contributed by atoms with E-state index in [9.17, 15) is 4.79 Å². The summed E-state index contributed by atoms with van der Waals surface area (Å²) in [6.45, 7) is 4.95. The second-order valence-corrected chi connectivity index (χ2v) is 6.71. The molecule has 0 radical (unpaired) electrons. The van der Waals surface area contributed by atoms with Gasteiger partial charge in [0.25, 0.3) is 0 Å². The molecule has 0 spiro atoms. The van der Waals surface area contributed by atoms with Gasteiger partial charge in [0.15, 0.2) is 0 Å². The van der Waals surface area contributed by atoms with Gasteiger partial charge in [-0.15, -0.1) is 11.3 Å². The molecule has 2 aliphatic rings. The monoisotopic (exact) mass is 290 g/mol. The Balaban J connectivity index is 1.52. The zero-order valence-electron chi connectivity index (χ0n) is 11.8. The predicted molar refractivity (Wildman–Crippen MR) is 82.7 cm³/mol. The molecule has 4 heteroatoms. The highest BCUT2D eigenvalue weighted by Gasteiger charge is 2.26. The van der Waals surface area contributed by atoms with E-state index in [-0.39, 0.29) is 5.92 Å². The molecular weight excluding hydrogens is 268 g/mol. The van der Waals surface area contributed by atoms with Gasteiger partial charge in [-0.3, -0.25) is 9.69 Å². The minimum atomic E-state index is 0.221. The molecule has 108 valence electrons. The Kier molecular flexibility index (Phi) is 4.53. The van der Waals surface area contributed by atoms with E-state index in [1.165, 1.54) is 4.88 Å². The van der Waals surface area contributed by atoms with Crippen LogP contribution < -0.4 is 0 Å². The first-order valence-electron chi connectivity index (χ1n) is 7.51. The SMILES string of the molecule is O=C(C1CC=CC1)N1CCCN(Cc2cccs2)CC1. The highest BCUT2D eigenvalue weighted by Crippen LogP contribution is 2.21. The third-order valence-corrected chi connectivity index (χ3v) is 5.08. The summed E-state index contributed by atoms with van der Waals surface area (Å²) in [5, 5.41) is 2.13. The van der Waals surface area contributed by atoms with E-state index >= 15 is 0 Å². The fourth-order valence-electron chi connectivity index (χ4n) is 3.05. The van der Waals surface area contributed by atoms with Crippen LogP contribution in [0.1, 0.15) is 24.1 Å². The highest BCUT2D eigenvalue weighted by atomic mass is 32.1. The van der Waals surface area contributed by atoms with Crippen LogP contribution in [0, 0.1) is 5.92 Å². The Morgan fingerprint density at radius 2 is 2.05 bits per heavy atom. The number of amides is 1. The molecule has 1 fully saturated rings. The molecule has 1 aliphatic heterocycles. The lowest BCUT2D eigenvalue weighted by atomic mass is 10.1. The first kappa shape index (κ1) is 13.8. The maximum Gasteiger partial charge on any atom is 0.226 e. The normalized spacial score (nSPS) is 21.3. The van der Waals surface area contributed by atoms with Crippen molar-refractivity contribution >= 4 is 17.2 Å².